The van der Waals surface area contributed by atoms with E-state index in [0.29, 0.717) is 12.6 Å². The summed E-state index contributed by atoms with van der Waals surface area (Å²) in [6.07, 6.45) is 3.45. The van der Waals surface area contributed by atoms with E-state index >= 15 is 0 Å². The highest BCUT2D eigenvalue weighted by molar-refractivity contribution is 5.24. The maximum atomic E-state index is 11.5. The van der Waals surface area contributed by atoms with Crippen LogP contribution in [0.3, 0.4) is 0 Å². The average Bonchev–Trinajstić information content (AvgIpc) is 2.37. The van der Waals surface area contributed by atoms with E-state index in [2.05, 4.69) is 11.8 Å². The molecule has 0 amide bonds. The number of aliphatic hydroxyl groups excluding tert-OH is 1. The molecule has 0 saturated carbocycles. The Morgan fingerprint density at radius 2 is 2.28 bits per heavy atom. The Morgan fingerprint density at radius 1 is 1.50 bits per heavy atom. The van der Waals surface area contributed by atoms with Crippen molar-refractivity contribution in [2.24, 2.45) is 0 Å². The topological polar surface area (TPSA) is 73.9 Å². The van der Waals surface area contributed by atoms with Gasteiger partial charge in [-0.1, -0.05) is 6.42 Å². The summed E-state index contributed by atoms with van der Waals surface area (Å²) in [7, 11) is 0. The Bertz CT molecular complexity index is 469. The molecule has 18 heavy (non-hydrogen) atoms. The molecule has 1 aromatic rings. The molecule has 0 radical (unpaired) electrons. The zero-order valence-corrected chi connectivity index (χ0v) is 10.6. The van der Waals surface area contributed by atoms with Crippen LogP contribution in [0.1, 0.15) is 37.7 Å². The summed E-state index contributed by atoms with van der Waals surface area (Å²) in [5.74, 6) is 0.0998. The molecule has 0 unspecified atom stereocenters. The van der Waals surface area contributed by atoms with Crippen molar-refractivity contribution in [3.8, 4) is 5.75 Å². The van der Waals surface area contributed by atoms with Gasteiger partial charge < -0.3 is 14.6 Å². The first-order valence-electron chi connectivity index (χ1n) is 6.31. The molecule has 1 saturated heterocycles. The second-order valence-electron chi connectivity index (χ2n) is 4.82. The quantitative estimate of drug-likeness (QED) is 0.847. The molecule has 0 spiro atoms. The van der Waals surface area contributed by atoms with E-state index in [-0.39, 0.29) is 23.9 Å². The van der Waals surface area contributed by atoms with E-state index < -0.39 is 5.43 Å². The number of aromatic hydroxyl groups is 1. The number of aliphatic hydroxyl groups is 1. The van der Waals surface area contributed by atoms with Gasteiger partial charge in [0.05, 0.1) is 6.54 Å². The van der Waals surface area contributed by atoms with Crippen LogP contribution in [0.15, 0.2) is 15.3 Å². The van der Waals surface area contributed by atoms with Gasteiger partial charge in [-0.2, -0.15) is 0 Å². The zero-order chi connectivity index (χ0) is 13.1. The van der Waals surface area contributed by atoms with Crippen LogP contribution >= 0.6 is 0 Å². The summed E-state index contributed by atoms with van der Waals surface area (Å²) in [6.45, 7) is 3.14. The lowest BCUT2D eigenvalue weighted by Gasteiger charge is -2.32. The van der Waals surface area contributed by atoms with Crippen molar-refractivity contribution in [1.29, 1.82) is 0 Å². The van der Waals surface area contributed by atoms with Crippen LogP contribution in [0, 0.1) is 0 Å². The molecule has 2 N–H and O–H groups in total. The normalized spacial score (nSPS) is 21.1. The molecular formula is C13H19NO4. The highest BCUT2D eigenvalue weighted by Crippen LogP contribution is 2.22. The molecule has 1 aliphatic rings. The fraction of sp³-hybridized carbons (Fsp3) is 0.615. The molecular weight excluding hydrogens is 234 g/mol. The highest BCUT2D eigenvalue weighted by atomic mass is 16.4. The van der Waals surface area contributed by atoms with Crippen LogP contribution in [-0.2, 0) is 13.2 Å². The van der Waals surface area contributed by atoms with Crippen LogP contribution in [0.5, 0.6) is 5.75 Å². The molecule has 5 nitrogen and oxygen atoms in total. The number of hydrogen-bond donors (Lipinski definition) is 2. The van der Waals surface area contributed by atoms with Crippen molar-refractivity contribution in [2.75, 3.05) is 6.54 Å². The molecule has 0 bridgehead atoms. The Balaban J connectivity index is 2.22. The lowest BCUT2D eigenvalue weighted by atomic mass is 10.0. The van der Waals surface area contributed by atoms with Gasteiger partial charge in [0.25, 0.3) is 0 Å². The van der Waals surface area contributed by atoms with Crippen LogP contribution in [-0.4, -0.2) is 27.7 Å². The van der Waals surface area contributed by atoms with Crippen molar-refractivity contribution in [3.05, 3.63) is 27.8 Å². The van der Waals surface area contributed by atoms with Crippen molar-refractivity contribution in [1.82, 2.24) is 4.90 Å². The third-order valence-corrected chi connectivity index (χ3v) is 3.49. The van der Waals surface area contributed by atoms with Gasteiger partial charge in [-0.3, -0.25) is 9.69 Å². The van der Waals surface area contributed by atoms with E-state index in [1.807, 2.05) is 0 Å². The minimum absolute atomic E-state index is 0.192. The fourth-order valence-corrected chi connectivity index (χ4v) is 2.35. The van der Waals surface area contributed by atoms with Gasteiger partial charge in [0.2, 0.25) is 11.2 Å². The van der Waals surface area contributed by atoms with Gasteiger partial charge in [-0.15, -0.1) is 0 Å². The molecule has 0 aliphatic carbocycles. The number of likely N-dealkylation sites (tertiary alicyclic amines) is 1. The largest absolute Gasteiger partial charge is 0.502 e. The second-order valence-corrected chi connectivity index (χ2v) is 4.82. The molecule has 100 valence electrons. The number of piperidine rings is 1. The standard InChI is InChI=1S/C13H19NO4/c1-9-4-2-3-5-14(9)7-12-13(17)11(16)6-10(8-15)18-12/h6,9,15,17H,2-5,7-8H2,1H3/t9-/m1/s1. The van der Waals surface area contributed by atoms with Gasteiger partial charge in [-0.25, -0.2) is 0 Å². The average molecular weight is 253 g/mol. The van der Waals surface area contributed by atoms with Crippen LogP contribution in [0.25, 0.3) is 0 Å². The first kappa shape index (κ1) is 13.1. The first-order chi connectivity index (χ1) is 8.61. The SMILES string of the molecule is C[C@@H]1CCCCN1Cc1oc(CO)cc(=O)c1O. The lowest BCUT2D eigenvalue weighted by Crippen LogP contribution is -2.37. The predicted molar refractivity (Wildman–Crippen MR) is 66.3 cm³/mol. The third-order valence-electron chi connectivity index (χ3n) is 3.49. The minimum Gasteiger partial charge on any atom is -0.502 e. The zero-order valence-electron chi connectivity index (χ0n) is 10.6. The number of rotatable bonds is 3. The van der Waals surface area contributed by atoms with Gasteiger partial charge >= 0.3 is 0 Å². The van der Waals surface area contributed by atoms with E-state index in [0.717, 1.165) is 25.5 Å². The molecule has 5 heteroatoms. The monoisotopic (exact) mass is 253 g/mol. The summed E-state index contributed by atoms with van der Waals surface area (Å²) in [6, 6.07) is 1.54. The van der Waals surface area contributed by atoms with Crippen molar-refractivity contribution in [2.45, 2.75) is 45.4 Å². The lowest BCUT2D eigenvalue weighted by molar-refractivity contribution is 0.134. The third kappa shape index (κ3) is 2.73. The second kappa shape index (κ2) is 5.54. The summed E-state index contributed by atoms with van der Waals surface area (Å²) in [5, 5.41) is 18.7. The van der Waals surface area contributed by atoms with Crippen molar-refractivity contribution < 1.29 is 14.6 Å². The van der Waals surface area contributed by atoms with Gasteiger partial charge in [0.15, 0.2) is 5.76 Å². The van der Waals surface area contributed by atoms with Gasteiger partial charge in [0, 0.05) is 12.1 Å². The molecule has 2 rings (SSSR count). The van der Waals surface area contributed by atoms with Crippen molar-refractivity contribution in [3.63, 3.8) is 0 Å². The molecule has 1 fully saturated rings. The molecule has 1 atom stereocenters. The van der Waals surface area contributed by atoms with Gasteiger partial charge in [0.1, 0.15) is 12.4 Å². The highest BCUT2D eigenvalue weighted by Gasteiger charge is 2.21. The summed E-state index contributed by atoms with van der Waals surface area (Å²) < 4.78 is 5.35. The summed E-state index contributed by atoms with van der Waals surface area (Å²) >= 11 is 0. The summed E-state index contributed by atoms with van der Waals surface area (Å²) in [4.78, 5) is 13.7. The Hall–Kier alpha value is -1.33. The fourth-order valence-electron chi connectivity index (χ4n) is 2.35. The van der Waals surface area contributed by atoms with E-state index in [9.17, 15) is 9.90 Å². The maximum absolute atomic E-state index is 11.5. The smallest absolute Gasteiger partial charge is 0.227 e. The van der Waals surface area contributed by atoms with E-state index in [1.165, 1.54) is 6.42 Å². The summed E-state index contributed by atoms with van der Waals surface area (Å²) in [5.41, 5.74) is -0.495. The molecule has 1 aromatic heterocycles. The Kier molecular flexibility index (Phi) is 4.04. The predicted octanol–water partition coefficient (Wildman–Crippen LogP) is 1.21. The minimum atomic E-state index is -0.495. The van der Waals surface area contributed by atoms with Crippen LogP contribution in [0.4, 0.5) is 0 Å². The number of nitrogens with zero attached hydrogens (tertiary/aromatic N) is 1. The van der Waals surface area contributed by atoms with Crippen LogP contribution < -0.4 is 5.43 Å². The first-order valence-corrected chi connectivity index (χ1v) is 6.31. The molecule has 2 heterocycles. The van der Waals surface area contributed by atoms with E-state index in [4.69, 9.17) is 9.52 Å². The Morgan fingerprint density at radius 3 is 2.94 bits per heavy atom. The van der Waals surface area contributed by atoms with E-state index in [1.54, 1.807) is 0 Å². The maximum Gasteiger partial charge on any atom is 0.227 e. The van der Waals surface area contributed by atoms with Gasteiger partial charge in [-0.05, 0) is 26.3 Å². The van der Waals surface area contributed by atoms with Crippen LogP contribution in [0.2, 0.25) is 0 Å². The molecule has 0 aromatic carbocycles. The Labute approximate surface area is 106 Å². The number of hydrogen-bond acceptors (Lipinski definition) is 5. The molecule has 1 aliphatic heterocycles. The van der Waals surface area contributed by atoms with Crippen molar-refractivity contribution >= 4 is 0 Å².